The van der Waals surface area contributed by atoms with Crippen LogP contribution in [0.15, 0.2) is 54.6 Å². The molecule has 0 radical (unpaired) electrons. The van der Waals surface area contributed by atoms with Crippen molar-refractivity contribution in [1.82, 2.24) is 4.90 Å². The highest BCUT2D eigenvalue weighted by atomic mass is 19.1. The number of amides is 1. The Morgan fingerprint density at radius 2 is 1.90 bits per heavy atom. The summed E-state index contributed by atoms with van der Waals surface area (Å²) in [7, 11) is 0. The van der Waals surface area contributed by atoms with Crippen LogP contribution in [0.25, 0.3) is 5.57 Å². The fraction of sp³-hybridized carbons (Fsp3) is 0.423. The fourth-order valence-electron chi connectivity index (χ4n) is 4.68. The number of hydrogen-bond donors (Lipinski definition) is 0. The predicted octanol–water partition coefficient (Wildman–Crippen LogP) is 5.96. The Morgan fingerprint density at radius 3 is 2.68 bits per heavy atom. The van der Waals surface area contributed by atoms with Crippen LogP contribution in [0.1, 0.15) is 49.7 Å². The molecule has 0 aromatic heterocycles. The van der Waals surface area contributed by atoms with Gasteiger partial charge in [-0.2, -0.15) is 0 Å². The SMILES string of the molecule is O=C(OCc1ccccc1)N1C2C=C(c3cc(F)ccc3OCC3CC3)CC1CCC2. The molecule has 0 spiro atoms. The second-order valence-electron chi connectivity index (χ2n) is 8.89. The Hall–Kier alpha value is -2.82. The Bertz CT molecular complexity index is 970. The maximum absolute atomic E-state index is 14.1. The number of fused-ring (bicyclic) bond motifs is 2. The van der Waals surface area contributed by atoms with E-state index in [4.69, 9.17) is 9.47 Å². The van der Waals surface area contributed by atoms with Gasteiger partial charge in [-0.1, -0.05) is 36.4 Å². The zero-order valence-electron chi connectivity index (χ0n) is 17.6. The van der Waals surface area contributed by atoms with Crippen LogP contribution in [0.5, 0.6) is 5.75 Å². The molecule has 1 saturated carbocycles. The van der Waals surface area contributed by atoms with Gasteiger partial charge in [0.15, 0.2) is 0 Å². The molecule has 1 aliphatic carbocycles. The molecule has 2 unspecified atom stereocenters. The average molecular weight is 422 g/mol. The van der Waals surface area contributed by atoms with Gasteiger partial charge in [0.05, 0.1) is 12.6 Å². The lowest BCUT2D eigenvalue weighted by Gasteiger charge is -2.44. The van der Waals surface area contributed by atoms with Crippen molar-refractivity contribution in [3.05, 3.63) is 71.6 Å². The third-order valence-electron chi connectivity index (χ3n) is 6.51. The summed E-state index contributed by atoms with van der Waals surface area (Å²) in [4.78, 5) is 14.8. The van der Waals surface area contributed by atoms with E-state index in [1.165, 1.54) is 18.9 Å². The first-order valence-corrected chi connectivity index (χ1v) is 11.3. The van der Waals surface area contributed by atoms with E-state index in [-0.39, 0.29) is 30.6 Å². The standard InChI is InChI=1S/C26H28FNO3/c27-21-11-12-25(30-16-19-9-10-19)24(15-21)20-13-22-7-4-8-23(14-20)28(22)26(29)31-17-18-5-2-1-3-6-18/h1-3,5-6,11-13,15,19,22-23H,4,7-10,14,16-17H2. The molecular formula is C26H28FNO3. The topological polar surface area (TPSA) is 38.8 Å². The van der Waals surface area contributed by atoms with Crippen molar-refractivity contribution in [2.75, 3.05) is 6.61 Å². The van der Waals surface area contributed by atoms with Crippen molar-refractivity contribution >= 4 is 11.7 Å². The molecule has 2 aromatic carbocycles. The van der Waals surface area contributed by atoms with E-state index in [0.29, 0.717) is 18.9 Å². The van der Waals surface area contributed by atoms with E-state index in [0.717, 1.165) is 41.7 Å². The summed E-state index contributed by atoms with van der Waals surface area (Å²) >= 11 is 0. The lowest BCUT2D eigenvalue weighted by Crippen LogP contribution is -2.51. The molecule has 31 heavy (non-hydrogen) atoms. The summed E-state index contributed by atoms with van der Waals surface area (Å²) in [6.45, 7) is 0.964. The van der Waals surface area contributed by atoms with Crippen LogP contribution >= 0.6 is 0 Å². The summed E-state index contributed by atoms with van der Waals surface area (Å²) in [5.74, 6) is 1.12. The van der Waals surface area contributed by atoms with Gasteiger partial charge in [0.1, 0.15) is 18.2 Å². The van der Waals surface area contributed by atoms with Crippen LogP contribution in [0.4, 0.5) is 9.18 Å². The number of piperidine rings is 1. The number of carbonyl (C=O) groups is 1. The van der Waals surface area contributed by atoms with E-state index in [9.17, 15) is 9.18 Å². The van der Waals surface area contributed by atoms with Crippen molar-refractivity contribution in [2.24, 2.45) is 5.92 Å². The fourth-order valence-corrected chi connectivity index (χ4v) is 4.68. The molecule has 0 N–H and O–H groups in total. The minimum Gasteiger partial charge on any atom is -0.493 e. The van der Waals surface area contributed by atoms with E-state index < -0.39 is 0 Å². The first kappa shape index (κ1) is 20.1. The molecule has 1 amide bonds. The quantitative estimate of drug-likeness (QED) is 0.578. The second-order valence-corrected chi connectivity index (χ2v) is 8.89. The average Bonchev–Trinajstić information content (AvgIpc) is 3.61. The van der Waals surface area contributed by atoms with E-state index in [1.54, 1.807) is 12.1 Å². The summed E-state index contributed by atoms with van der Waals surface area (Å²) in [5, 5.41) is 0. The van der Waals surface area contributed by atoms with Gasteiger partial charge >= 0.3 is 6.09 Å². The Morgan fingerprint density at radius 1 is 1.06 bits per heavy atom. The number of halogens is 1. The highest BCUT2D eigenvalue weighted by molar-refractivity contribution is 5.76. The van der Waals surface area contributed by atoms with E-state index in [1.807, 2.05) is 35.2 Å². The Balaban J connectivity index is 1.34. The lowest BCUT2D eigenvalue weighted by molar-refractivity contribution is 0.0510. The third-order valence-corrected chi connectivity index (χ3v) is 6.51. The van der Waals surface area contributed by atoms with Gasteiger partial charge in [-0.05, 0) is 73.8 Å². The molecule has 1 saturated heterocycles. The van der Waals surface area contributed by atoms with Crippen molar-refractivity contribution in [1.29, 1.82) is 0 Å². The Kier molecular flexibility index (Phi) is 5.66. The molecule has 2 fully saturated rings. The number of ether oxygens (including phenoxy) is 2. The molecule has 3 aliphatic rings. The van der Waals surface area contributed by atoms with Crippen LogP contribution in [-0.2, 0) is 11.3 Å². The second kappa shape index (κ2) is 8.74. The van der Waals surface area contributed by atoms with Crippen LogP contribution in [0.2, 0.25) is 0 Å². The molecule has 5 rings (SSSR count). The van der Waals surface area contributed by atoms with Gasteiger partial charge in [0.2, 0.25) is 0 Å². The van der Waals surface area contributed by atoms with Crippen molar-refractivity contribution in [3.8, 4) is 5.75 Å². The van der Waals surface area contributed by atoms with E-state index >= 15 is 0 Å². The minimum absolute atomic E-state index is 0.0228. The van der Waals surface area contributed by atoms with Gasteiger partial charge in [0, 0.05) is 11.6 Å². The number of hydrogen-bond acceptors (Lipinski definition) is 3. The molecule has 2 aliphatic heterocycles. The van der Waals surface area contributed by atoms with Gasteiger partial charge < -0.3 is 9.47 Å². The molecule has 2 bridgehead atoms. The normalized spacial score (nSPS) is 22.6. The molecule has 4 nitrogen and oxygen atoms in total. The molecule has 2 atom stereocenters. The zero-order chi connectivity index (χ0) is 21.2. The molecule has 2 heterocycles. The van der Waals surface area contributed by atoms with Crippen molar-refractivity contribution < 1.29 is 18.7 Å². The highest BCUT2D eigenvalue weighted by Crippen LogP contribution is 2.41. The number of benzene rings is 2. The van der Waals surface area contributed by atoms with Crippen molar-refractivity contribution in [3.63, 3.8) is 0 Å². The van der Waals surface area contributed by atoms with Gasteiger partial charge in [0.25, 0.3) is 0 Å². The van der Waals surface area contributed by atoms with Crippen LogP contribution in [-0.4, -0.2) is 29.7 Å². The molecule has 5 heteroatoms. The van der Waals surface area contributed by atoms with E-state index in [2.05, 4.69) is 6.08 Å². The maximum atomic E-state index is 14.1. The molecular weight excluding hydrogens is 393 g/mol. The van der Waals surface area contributed by atoms with Gasteiger partial charge in [-0.3, -0.25) is 4.90 Å². The monoisotopic (exact) mass is 421 g/mol. The first-order chi connectivity index (χ1) is 15.2. The summed E-state index contributed by atoms with van der Waals surface area (Å²) < 4.78 is 25.8. The van der Waals surface area contributed by atoms with Gasteiger partial charge in [-0.15, -0.1) is 0 Å². The van der Waals surface area contributed by atoms with Crippen LogP contribution in [0.3, 0.4) is 0 Å². The highest BCUT2D eigenvalue weighted by Gasteiger charge is 2.38. The largest absolute Gasteiger partial charge is 0.493 e. The Labute approximate surface area is 182 Å². The maximum Gasteiger partial charge on any atom is 0.410 e. The molecule has 2 aromatic rings. The van der Waals surface area contributed by atoms with Crippen molar-refractivity contribution in [2.45, 2.75) is 57.2 Å². The van der Waals surface area contributed by atoms with Crippen LogP contribution < -0.4 is 4.74 Å². The number of carbonyl (C=O) groups excluding carboxylic acids is 1. The van der Waals surface area contributed by atoms with Crippen LogP contribution in [0, 0.1) is 11.7 Å². The number of nitrogens with zero attached hydrogens (tertiary/aromatic N) is 1. The summed E-state index contributed by atoms with van der Waals surface area (Å²) in [6, 6.07) is 14.6. The third kappa shape index (κ3) is 4.60. The smallest absolute Gasteiger partial charge is 0.410 e. The summed E-state index contributed by atoms with van der Waals surface area (Å²) in [5.41, 5.74) is 2.88. The number of rotatable bonds is 6. The zero-order valence-corrected chi connectivity index (χ0v) is 17.6. The van der Waals surface area contributed by atoms with Gasteiger partial charge in [-0.25, -0.2) is 9.18 Å². The predicted molar refractivity (Wildman–Crippen MR) is 117 cm³/mol. The molecule has 162 valence electrons. The first-order valence-electron chi connectivity index (χ1n) is 11.3. The summed E-state index contributed by atoms with van der Waals surface area (Å²) in [6.07, 6.45) is 7.88. The lowest BCUT2D eigenvalue weighted by atomic mass is 9.83. The minimum atomic E-state index is -0.265.